The zero-order valence-corrected chi connectivity index (χ0v) is 18.4. The number of benzene rings is 5. The van der Waals surface area contributed by atoms with E-state index in [2.05, 4.69) is 78.9 Å². The van der Waals surface area contributed by atoms with Gasteiger partial charge in [-0.15, -0.1) is 0 Å². The van der Waals surface area contributed by atoms with E-state index < -0.39 is 0 Å². The van der Waals surface area contributed by atoms with Gasteiger partial charge >= 0.3 is 0 Å². The molecule has 0 saturated heterocycles. The Morgan fingerprint density at radius 2 is 1.03 bits per heavy atom. The Balaban J connectivity index is 1.80. The van der Waals surface area contributed by atoms with Gasteiger partial charge < -0.3 is 5.11 Å². The Bertz CT molecular complexity index is 1260. The van der Waals surface area contributed by atoms with Crippen LogP contribution in [0.2, 0.25) is 0 Å². The van der Waals surface area contributed by atoms with Crippen molar-refractivity contribution in [3.8, 4) is 5.75 Å². The smallest absolute Gasteiger partial charge is 0.184 e. The van der Waals surface area contributed by atoms with Crippen LogP contribution in [-0.2, 0) is 10.9 Å². The fraction of sp³-hybridized carbons (Fsp3) is 0. The molecule has 0 saturated carbocycles. The number of hydrogen-bond acceptors (Lipinski definition) is 2. The molecule has 5 rings (SSSR count). The number of phenols is 1. The van der Waals surface area contributed by atoms with Crippen LogP contribution in [0.4, 0.5) is 0 Å². The van der Waals surface area contributed by atoms with Crippen LogP contribution in [0.15, 0.2) is 146 Å². The molecule has 0 amide bonds. The van der Waals surface area contributed by atoms with Crippen molar-refractivity contribution in [2.45, 2.75) is 24.5 Å². The molecule has 0 fully saturated rings. The van der Waals surface area contributed by atoms with Gasteiger partial charge in [0.2, 0.25) is 0 Å². The fourth-order valence-electron chi connectivity index (χ4n) is 3.67. The SMILES string of the molecule is Oc1cc([S+](c2ccccc2)c2ccccc2)c(Sc2ccccc2)c2ccccc12. The molecule has 0 aliphatic heterocycles. The zero-order chi connectivity index (χ0) is 21.0. The van der Waals surface area contributed by atoms with Crippen molar-refractivity contribution in [1.82, 2.24) is 0 Å². The monoisotopic (exact) mass is 437 g/mol. The summed E-state index contributed by atoms with van der Waals surface area (Å²) in [5.74, 6) is 0.326. The molecule has 5 aromatic carbocycles. The van der Waals surface area contributed by atoms with Crippen molar-refractivity contribution in [3.05, 3.63) is 121 Å². The maximum Gasteiger partial charge on any atom is 0.184 e. The second kappa shape index (κ2) is 8.93. The van der Waals surface area contributed by atoms with Crippen LogP contribution in [0.25, 0.3) is 10.8 Å². The third kappa shape index (κ3) is 4.07. The van der Waals surface area contributed by atoms with Gasteiger partial charge in [0.1, 0.15) is 16.6 Å². The summed E-state index contributed by atoms with van der Waals surface area (Å²) in [6.07, 6.45) is 0. The highest BCUT2D eigenvalue weighted by molar-refractivity contribution is 8.01. The van der Waals surface area contributed by atoms with E-state index in [9.17, 15) is 5.11 Å². The second-order valence-electron chi connectivity index (χ2n) is 7.12. The predicted molar refractivity (Wildman–Crippen MR) is 131 cm³/mol. The maximum absolute atomic E-state index is 11.0. The summed E-state index contributed by atoms with van der Waals surface area (Å²) in [6.45, 7) is 0. The lowest BCUT2D eigenvalue weighted by Gasteiger charge is -2.15. The Hall–Kier alpha value is -3.14. The highest BCUT2D eigenvalue weighted by atomic mass is 32.2. The van der Waals surface area contributed by atoms with Gasteiger partial charge in [-0.2, -0.15) is 0 Å². The van der Waals surface area contributed by atoms with Crippen LogP contribution in [-0.4, -0.2) is 5.11 Å². The second-order valence-corrected chi connectivity index (χ2v) is 10.2. The van der Waals surface area contributed by atoms with Gasteiger partial charge in [-0.05, 0) is 36.4 Å². The van der Waals surface area contributed by atoms with E-state index in [1.54, 1.807) is 11.8 Å². The minimum absolute atomic E-state index is 0.326. The van der Waals surface area contributed by atoms with Crippen LogP contribution < -0.4 is 0 Å². The first-order chi connectivity index (χ1) is 15.3. The quantitative estimate of drug-likeness (QED) is 0.283. The summed E-state index contributed by atoms with van der Waals surface area (Å²) in [5, 5.41) is 12.9. The van der Waals surface area contributed by atoms with E-state index in [1.807, 2.05) is 42.5 Å². The molecular formula is C28H21OS2+. The summed E-state index contributed by atoms with van der Waals surface area (Å²) in [7, 11) is -0.347. The Kier molecular flexibility index (Phi) is 5.70. The van der Waals surface area contributed by atoms with E-state index in [4.69, 9.17) is 0 Å². The Morgan fingerprint density at radius 3 is 1.61 bits per heavy atom. The molecule has 1 nitrogen and oxygen atoms in total. The molecule has 0 spiro atoms. The summed E-state index contributed by atoms with van der Waals surface area (Å²) < 4.78 is 0. The van der Waals surface area contributed by atoms with Gasteiger partial charge in [0, 0.05) is 21.7 Å². The molecule has 31 heavy (non-hydrogen) atoms. The number of rotatable bonds is 5. The van der Waals surface area contributed by atoms with Gasteiger partial charge in [-0.25, -0.2) is 0 Å². The molecule has 0 aliphatic rings. The predicted octanol–water partition coefficient (Wildman–Crippen LogP) is 7.79. The average molecular weight is 438 g/mol. The lowest BCUT2D eigenvalue weighted by atomic mass is 10.1. The third-order valence-electron chi connectivity index (χ3n) is 5.08. The number of aromatic hydroxyl groups is 1. The first-order valence-corrected chi connectivity index (χ1v) is 12.2. The number of fused-ring (bicyclic) bond motifs is 1. The standard InChI is InChI=1S/C28H20OS2/c29-26-20-27(31(22-14-6-2-7-15-22)23-16-8-3-9-17-23)28(25-19-11-10-18-24(25)26)30-21-12-4-1-5-13-21/h1-20H/p+1. The van der Waals surface area contributed by atoms with Gasteiger partial charge in [0.05, 0.1) is 4.90 Å². The average Bonchev–Trinajstić information content (AvgIpc) is 2.84. The molecule has 3 heteroatoms. The van der Waals surface area contributed by atoms with Gasteiger partial charge in [-0.3, -0.25) is 0 Å². The van der Waals surface area contributed by atoms with Crippen molar-refractivity contribution >= 4 is 33.4 Å². The lowest BCUT2D eigenvalue weighted by molar-refractivity contribution is 0.479. The molecule has 5 aromatic rings. The first kappa shape index (κ1) is 19.8. The van der Waals surface area contributed by atoms with Crippen molar-refractivity contribution in [2.75, 3.05) is 0 Å². The summed E-state index contributed by atoms with van der Waals surface area (Å²) in [5.41, 5.74) is 0. The fourth-order valence-corrected chi connectivity index (χ4v) is 7.19. The van der Waals surface area contributed by atoms with Crippen molar-refractivity contribution < 1.29 is 5.11 Å². The van der Waals surface area contributed by atoms with Gasteiger partial charge in [0.15, 0.2) is 14.7 Å². The molecular weight excluding hydrogens is 416 g/mol. The van der Waals surface area contributed by atoms with E-state index in [0.717, 1.165) is 15.7 Å². The van der Waals surface area contributed by atoms with Gasteiger partial charge in [-0.1, -0.05) is 90.6 Å². The summed E-state index contributed by atoms with van der Waals surface area (Å²) in [4.78, 5) is 5.99. The first-order valence-electron chi connectivity index (χ1n) is 10.1. The topological polar surface area (TPSA) is 20.2 Å². The van der Waals surface area contributed by atoms with Crippen LogP contribution >= 0.6 is 11.8 Å². The molecule has 0 aromatic heterocycles. The molecule has 1 N–H and O–H groups in total. The van der Waals surface area contributed by atoms with Crippen molar-refractivity contribution in [2.24, 2.45) is 0 Å². The minimum Gasteiger partial charge on any atom is -0.507 e. The van der Waals surface area contributed by atoms with Crippen LogP contribution in [0.3, 0.4) is 0 Å². The van der Waals surface area contributed by atoms with Crippen LogP contribution in [0, 0.1) is 0 Å². The summed E-state index contributed by atoms with van der Waals surface area (Å²) >= 11 is 1.77. The Morgan fingerprint density at radius 1 is 0.548 bits per heavy atom. The third-order valence-corrected chi connectivity index (χ3v) is 8.61. The minimum atomic E-state index is -0.347. The molecule has 0 aliphatic carbocycles. The van der Waals surface area contributed by atoms with Crippen LogP contribution in [0.1, 0.15) is 0 Å². The largest absolute Gasteiger partial charge is 0.507 e. The van der Waals surface area contributed by atoms with E-state index >= 15 is 0 Å². The molecule has 0 bridgehead atoms. The highest BCUT2D eigenvalue weighted by Crippen LogP contribution is 2.45. The molecule has 0 heterocycles. The molecule has 150 valence electrons. The van der Waals surface area contributed by atoms with Crippen molar-refractivity contribution in [1.29, 1.82) is 0 Å². The molecule has 0 radical (unpaired) electrons. The Labute approximate surface area is 189 Å². The van der Waals surface area contributed by atoms with E-state index in [-0.39, 0.29) is 10.9 Å². The normalized spacial score (nSPS) is 11.1. The lowest BCUT2D eigenvalue weighted by Crippen LogP contribution is -2.06. The molecule has 0 atom stereocenters. The maximum atomic E-state index is 11.0. The van der Waals surface area contributed by atoms with E-state index in [1.165, 1.54) is 19.6 Å². The molecule has 0 unspecified atom stereocenters. The number of phenolic OH excluding ortho intramolecular Hbond substituents is 1. The van der Waals surface area contributed by atoms with Gasteiger partial charge in [0.25, 0.3) is 0 Å². The zero-order valence-electron chi connectivity index (χ0n) is 16.8. The van der Waals surface area contributed by atoms with E-state index in [0.29, 0.717) is 5.75 Å². The summed E-state index contributed by atoms with van der Waals surface area (Å²) in [6, 6.07) is 41.7. The van der Waals surface area contributed by atoms with Crippen molar-refractivity contribution in [3.63, 3.8) is 0 Å². The van der Waals surface area contributed by atoms with Crippen LogP contribution in [0.5, 0.6) is 5.75 Å². The number of hydrogen-bond donors (Lipinski definition) is 1. The highest BCUT2D eigenvalue weighted by Gasteiger charge is 2.33.